The highest BCUT2D eigenvalue weighted by molar-refractivity contribution is 8.18. The van der Waals surface area contributed by atoms with Gasteiger partial charge in [-0.3, -0.25) is 14.7 Å². The van der Waals surface area contributed by atoms with Crippen molar-refractivity contribution < 1.29 is 4.79 Å². The lowest BCUT2D eigenvalue weighted by molar-refractivity contribution is -0.121. The standard InChI is InChI=1S/C18H21N3OS/c1-5-11-19-18-21(12-6-2)17(22)16(23-18)13-14-7-9-15(10-8-14)20(3)4/h5-10,13H,1-2,11-12H2,3-4H3/b16-13-,19-18?. The summed E-state index contributed by atoms with van der Waals surface area (Å²) in [6.07, 6.45) is 5.32. The minimum Gasteiger partial charge on any atom is -0.378 e. The Morgan fingerprint density at radius 1 is 1.22 bits per heavy atom. The minimum absolute atomic E-state index is 0.0330. The second kappa shape index (κ2) is 7.83. The van der Waals surface area contributed by atoms with Crippen LogP contribution in [-0.2, 0) is 4.79 Å². The molecule has 23 heavy (non-hydrogen) atoms. The van der Waals surface area contributed by atoms with Gasteiger partial charge in [0.05, 0.1) is 11.4 Å². The largest absolute Gasteiger partial charge is 0.378 e. The smallest absolute Gasteiger partial charge is 0.267 e. The molecule has 2 rings (SSSR count). The van der Waals surface area contributed by atoms with Gasteiger partial charge in [-0.15, -0.1) is 13.2 Å². The highest BCUT2D eigenvalue weighted by atomic mass is 32.2. The summed E-state index contributed by atoms with van der Waals surface area (Å²) in [4.78, 5) is 21.3. The third kappa shape index (κ3) is 4.13. The van der Waals surface area contributed by atoms with E-state index < -0.39 is 0 Å². The number of thioether (sulfide) groups is 1. The van der Waals surface area contributed by atoms with Gasteiger partial charge in [0.2, 0.25) is 0 Å². The van der Waals surface area contributed by atoms with Crippen LogP contribution in [0.1, 0.15) is 5.56 Å². The van der Waals surface area contributed by atoms with Gasteiger partial charge in [-0.2, -0.15) is 0 Å². The third-order valence-corrected chi connectivity index (χ3v) is 4.31. The molecule has 1 amide bonds. The fourth-order valence-electron chi connectivity index (χ4n) is 2.08. The summed E-state index contributed by atoms with van der Waals surface area (Å²) in [5.74, 6) is -0.0330. The van der Waals surface area contributed by atoms with Gasteiger partial charge >= 0.3 is 0 Å². The molecule has 1 aliphatic rings. The maximum absolute atomic E-state index is 12.5. The third-order valence-electron chi connectivity index (χ3n) is 3.26. The lowest BCUT2D eigenvalue weighted by Gasteiger charge is -2.12. The molecule has 0 saturated carbocycles. The van der Waals surface area contributed by atoms with Crippen LogP contribution in [-0.4, -0.2) is 43.2 Å². The first kappa shape index (κ1) is 17.1. The second-order valence-electron chi connectivity index (χ2n) is 5.21. The molecule has 1 heterocycles. The van der Waals surface area contributed by atoms with Crippen LogP contribution in [0.15, 0.2) is 59.5 Å². The van der Waals surface area contributed by atoms with Crippen molar-refractivity contribution >= 4 is 34.6 Å². The molecule has 1 aliphatic heterocycles. The van der Waals surface area contributed by atoms with E-state index in [1.165, 1.54) is 11.8 Å². The molecule has 120 valence electrons. The number of amides is 1. The first-order valence-electron chi connectivity index (χ1n) is 7.32. The van der Waals surface area contributed by atoms with Crippen LogP contribution in [0.3, 0.4) is 0 Å². The zero-order valence-corrected chi connectivity index (χ0v) is 14.3. The van der Waals surface area contributed by atoms with Crippen molar-refractivity contribution in [2.75, 3.05) is 32.1 Å². The van der Waals surface area contributed by atoms with Crippen LogP contribution < -0.4 is 4.90 Å². The Morgan fingerprint density at radius 2 is 1.91 bits per heavy atom. The van der Waals surface area contributed by atoms with E-state index in [1.807, 2.05) is 49.3 Å². The molecule has 0 radical (unpaired) electrons. The molecule has 0 aromatic heterocycles. The van der Waals surface area contributed by atoms with E-state index in [0.29, 0.717) is 23.2 Å². The molecule has 5 heteroatoms. The highest BCUT2D eigenvalue weighted by Crippen LogP contribution is 2.32. The summed E-state index contributed by atoms with van der Waals surface area (Å²) in [6, 6.07) is 8.08. The topological polar surface area (TPSA) is 35.9 Å². The predicted octanol–water partition coefficient (Wildman–Crippen LogP) is 3.40. The fraction of sp³-hybridized carbons (Fsp3) is 0.222. The van der Waals surface area contributed by atoms with Gasteiger partial charge in [0.1, 0.15) is 0 Å². The Morgan fingerprint density at radius 3 is 2.48 bits per heavy atom. The molecule has 0 atom stereocenters. The van der Waals surface area contributed by atoms with E-state index in [9.17, 15) is 4.79 Å². The van der Waals surface area contributed by atoms with Gasteiger partial charge in [0.25, 0.3) is 5.91 Å². The van der Waals surface area contributed by atoms with Crippen molar-refractivity contribution in [1.82, 2.24) is 4.90 Å². The second-order valence-corrected chi connectivity index (χ2v) is 6.22. The molecule has 1 aromatic carbocycles. The van der Waals surface area contributed by atoms with E-state index in [4.69, 9.17) is 0 Å². The number of rotatable bonds is 6. The van der Waals surface area contributed by atoms with Crippen molar-refractivity contribution in [3.63, 3.8) is 0 Å². The normalized spacial score (nSPS) is 17.8. The van der Waals surface area contributed by atoms with Gasteiger partial charge in [-0.25, -0.2) is 0 Å². The van der Waals surface area contributed by atoms with Gasteiger partial charge in [0, 0.05) is 26.3 Å². The van der Waals surface area contributed by atoms with Crippen molar-refractivity contribution in [2.24, 2.45) is 4.99 Å². The Hall–Kier alpha value is -2.27. The highest BCUT2D eigenvalue weighted by Gasteiger charge is 2.32. The number of benzene rings is 1. The van der Waals surface area contributed by atoms with E-state index in [-0.39, 0.29) is 5.91 Å². The molecule has 0 bridgehead atoms. The maximum atomic E-state index is 12.5. The van der Waals surface area contributed by atoms with Crippen molar-refractivity contribution in [3.05, 3.63) is 60.0 Å². The van der Waals surface area contributed by atoms with E-state index in [0.717, 1.165) is 11.3 Å². The lowest BCUT2D eigenvalue weighted by Crippen LogP contribution is -2.29. The molecule has 0 unspecified atom stereocenters. The van der Waals surface area contributed by atoms with Gasteiger partial charge < -0.3 is 4.90 Å². The SMILES string of the molecule is C=CCN=C1S/C(=C\c2ccc(N(C)C)cc2)C(=O)N1CC=C. The quantitative estimate of drug-likeness (QED) is 0.593. The predicted molar refractivity (Wildman–Crippen MR) is 101 cm³/mol. The number of aliphatic imine (C=N–C) groups is 1. The molecule has 4 nitrogen and oxygen atoms in total. The molecular weight excluding hydrogens is 306 g/mol. The number of hydrogen-bond acceptors (Lipinski definition) is 4. The van der Waals surface area contributed by atoms with E-state index in [2.05, 4.69) is 18.2 Å². The Kier molecular flexibility index (Phi) is 5.82. The summed E-state index contributed by atoms with van der Waals surface area (Å²) in [7, 11) is 4.00. The summed E-state index contributed by atoms with van der Waals surface area (Å²) >= 11 is 1.39. The number of amidine groups is 1. The van der Waals surface area contributed by atoms with Crippen LogP contribution in [0.4, 0.5) is 5.69 Å². The number of carbonyl (C=O) groups is 1. The van der Waals surface area contributed by atoms with Crippen LogP contribution >= 0.6 is 11.8 Å². The summed E-state index contributed by atoms with van der Waals surface area (Å²) in [6.45, 7) is 8.32. The zero-order chi connectivity index (χ0) is 16.8. The molecule has 1 saturated heterocycles. The molecular formula is C18H21N3OS. The minimum atomic E-state index is -0.0330. The van der Waals surface area contributed by atoms with Crippen molar-refractivity contribution in [2.45, 2.75) is 0 Å². The monoisotopic (exact) mass is 327 g/mol. The summed E-state index contributed by atoms with van der Waals surface area (Å²) in [5.41, 5.74) is 2.12. The Balaban J connectivity index is 2.26. The Bertz CT molecular complexity index is 659. The van der Waals surface area contributed by atoms with Crippen molar-refractivity contribution in [3.8, 4) is 0 Å². The maximum Gasteiger partial charge on any atom is 0.267 e. The van der Waals surface area contributed by atoms with Gasteiger partial charge in [-0.1, -0.05) is 24.3 Å². The van der Waals surface area contributed by atoms with E-state index in [1.54, 1.807) is 17.1 Å². The molecule has 0 aliphatic carbocycles. The van der Waals surface area contributed by atoms with Gasteiger partial charge in [0.15, 0.2) is 5.17 Å². The Labute approximate surface area is 141 Å². The van der Waals surface area contributed by atoms with Crippen LogP contribution in [0.25, 0.3) is 6.08 Å². The molecule has 0 spiro atoms. The molecule has 1 fully saturated rings. The van der Waals surface area contributed by atoms with Crippen molar-refractivity contribution in [1.29, 1.82) is 0 Å². The van der Waals surface area contributed by atoms with Crippen LogP contribution in [0.2, 0.25) is 0 Å². The molecule has 1 aromatic rings. The summed E-state index contributed by atoms with van der Waals surface area (Å²) < 4.78 is 0. The summed E-state index contributed by atoms with van der Waals surface area (Å²) in [5, 5.41) is 0.700. The number of nitrogens with zero attached hydrogens (tertiary/aromatic N) is 3. The van der Waals surface area contributed by atoms with Gasteiger partial charge in [-0.05, 0) is 35.5 Å². The first-order valence-corrected chi connectivity index (χ1v) is 8.13. The van der Waals surface area contributed by atoms with Crippen LogP contribution in [0.5, 0.6) is 0 Å². The van der Waals surface area contributed by atoms with Crippen LogP contribution in [0, 0.1) is 0 Å². The number of anilines is 1. The van der Waals surface area contributed by atoms with E-state index >= 15 is 0 Å². The zero-order valence-electron chi connectivity index (χ0n) is 13.5. The number of carbonyl (C=O) groups excluding carboxylic acids is 1. The fourth-order valence-corrected chi connectivity index (χ4v) is 3.07. The number of hydrogen-bond donors (Lipinski definition) is 0. The lowest BCUT2D eigenvalue weighted by atomic mass is 10.2. The average molecular weight is 327 g/mol. The average Bonchev–Trinajstić information content (AvgIpc) is 2.82. The first-order chi connectivity index (χ1) is 11.1. The molecule has 0 N–H and O–H groups in total.